The zero-order valence-electron chi connectivity index (χ0n) is 21.0. The highest BCUT2D eigenvalue weighted by atomic mass is 32.2. The number of halogens is 3. The monoisotopic (exact) mass is 527 g/mol. The van der Waals surface area contributed by atoms with Crippen molar-refractivity contribution in [3.05, 3.63) is 65.7 Å². The molecule has 1 atom stereocenters. The fourth-order valence-electron chi connectivity index (χ4n) is 3.60. The van der Waals surface area contributed by atoms with Crippen LogP contribution in [0.5, 0.6) is 0 Å². The van der Waals surface area contributed by atoms with Gasteiger partial charge in [-0.15, -0.1) is 0 Å². The lowest BCUT2D eigenvalue weighted by atomic mass is 10.1. The molecule has 0 aliphatic heterocycles. The predicted molar refractivity (Wildman–Crippen MR) is 133 cm³/mol. The van der Waals surface area contributed by atoms with E-state index in [1.165, 1.54) is 11.0 Å². The Morgan fingerprint density at radius 2 is 1.61 bits per heavy atom. The van der Waals surface area contributed by atoms with Crippen molar-refractivity contribution in [3.63, 3.8) is 0 Å². The molecule has 0 saturated heterocycles. The Morgan fingerprint density at radius 3 is 2.11 bits per heavy atom. The number of anilines is 1. The van der Waals surface area contributed by atoms with E-state index in [1.807, 2.05) is 0 Å². The van der Waals surface area contributed by atoms with Gasteiger partial charge < -0.3 is 10.2 Å². The van der Waals surface area contributed by atoms with Gasteiger partial charge in [-0.3, -0.25) is 13.9 Å². The maximum Gasteiger partial charge on any atom is 0.416 e. The highest BCUT2D eigenvalue weighted by Gasteiger charge is 2.35. The SMILES string of the molecule is CCC(C(=O)NC(C)(C)C)N(Cc1ccccc1)C(=O)CN(c1cccc(C(F)(F)F)c1)S(C)(=O)=O. The van der Waals surface area contributed by atoms with Gasteiger partial charge in [0, 0.05) is 12.1 Å². The number of carbonyl (C=O) groups excluding carboxylic acids is 2. The molecule has 0 bridgehead atoms. The van der Waals surface area contributed by atoms with E-state index in [2.05, 4.69) is 5.32 Å². The maximum absolute atomic E-state index is 13.5. The van der Waals surface area contributed by atoms with Gasteiger partial charge in [0.1, 0.15) is 12.6 Å². The molecular weight excluding hydrogens is 495 g/mol. The minimum absolute atomic E-state index is 0.00986. The largest absolute Gasteiger partial charge is 0.416 e. The smallest absolute Gasteiger partial charge is 0.350 e. The first-order valence-electron chi connectivity index (χ1n) is 11.3. The van der Waals surface area contributed by atoms with Crippen LogP contribution in [0.15, 0.2) is 54.6 Å². The lowest BCUT2D eigenvalue weighted by molar-refractivity contribution is -0.141. The molecule has 2 aromatic rings. The Morgan fingerprint density at radius 1 is 1.00 bits per heavy atom. The summed E-state index contributed by atoms with van der Waals surface area (Å²) in [5.41, 5.74) is -1.22. The van der Waals surface area contributed by atoms with Crippen molar-refractivity contribution in [1.29, 1.82) is 0 Å². The van der Waals surface area contributed by atoms with Gasteiger partial charge in [0.25, 0.3) is 0 Å². The summed E-state index contributed by atoms with van der Waals surface area (Å²) in [6.07, 6.45) is -3.64. The van der Waals surface area contributed by atoms with Crippen LogP contribution in [0.2, 0.25) is 0 Å². The predicted octanol–water partition coefficient (Wildman–Crippen LogP) is 4.19. The molecule has 7 nitrogen and oxygen atoms in total. The lowest BCUT2D eigenvalue weighted by Gasteiger charge is -2.34. The Bertz CT molecular complexity index is 1160. The summed E-state index contributed by atoms with van der Waals surface area (Å²) in [5, 5.41) is 2.84. The van der Waals surface area contributed by atoms with Crippen LogP contribution >= 0.6 is 0 Å². The first-order chi connectivity index (χ1) is 16.5. The summed E-state index contributed by atoms with van der Waals surface area (Å²) < 4.78 is 65.5. The van der Waals surface area contributed by atoms with Gasteiger partial charge in [0.2, 0.25) is 21.8 Å². The molecule has 2 amide bonds. The number of carbonyl (C=O) groups is 2. The van der Waals surface area contributed by atoms with Crippen LogP contribution in [0.25, 0.3) is 0 Å². The van der Waals surface area contributed by atoms with Gasteiger partial charge in [-0.05, 0) is 51.0 Å². The quantitative estimate of drug-likeness (QED) is 0.530. The second-order valence-corrected chi connectivity index (χ2v) is 11.4. The minimum Gasteiger partial charge on any atom is -0.350 e. The number of sulfonamides is 1. The normalized spacial score (nSPS) is 13.1. The van der Waals surface area contributed by atoms with Crippen molar-refractivity contribution < 1.29 is 31.2 Å². The van der Waals surface area contributed by atoms with Crippen LogP contribution < -0.4 is 9.62 Å². The zero-order chi connectivity index (χ0) is 27.3. The number of alkyl halides is 3. The van der Waals surface area contributed by atoms with Crippen molar-refractivity contribution >= 4 is 27.5 Å². The molecule has 0 aliphatic carbocycles. The summed E-state index contributed by atoms with van der Waals surface area (Å²) in [4.78, 5) is 27.9. The van der Waals surface area contributed by atoms with Gasteiger partial charge in [-0.1, -0.05) is 43.3 Å². The summed E-state index contributed by atoms with van der Waals surface area (Å²) in [5.74, 6) is -1.14. The van der Waals surface area contributed by atoms with Crippen molar-refractivity contribution in [3.8, 4) is 0 Å². The van der Waals surface area contributed by atoms with E-state index in [1.54, 1.807) is 58.0 Å². The third-order valence-electron chi connectivity index (χ3n) is 5.22. The summed E-state index contributed by atoms with van der Waals surface area (Å²) >= 11 is 0. The van der Waals surface area contributed by atoms with E-state index in [4.69, 9.17) is 0 Å². The van der Waals surface area contributed by atoms with E-state index in [9.17, 15) is 31.2 Å². The Labute approximate surface area is 210 Å². The van der Waals surface area contributed by atoms with Crippen LogP contribution in [0, 0.1) is 0 Å². The lowest BCUT2D eigenvalue weighted by Crippen LogP contribution is -2.55. The van der Waals surface area contributed by atoms with E-state index in [-0.39, 0.29) is 18.7 Å². The third kappa shape index (κ3) is 8.25. The summed E-state index contributed by atoms with van der Waals surface area (Å²) in [6, 6.07) is 11.7. The molecule has 1 N–H and O–H groups in total. The number of nitrogens with zero attached hydrogens (tertiary/aromatic N) is 2. The molecule has 2 rings (SSSR count). The Kier molecular flexibility index (Phi) is 9.17. The number of benzene rings is 2. The van der Waals surface area contributed by atoms with Crippen molar-refractivity contribution in [1.82, 2.24) is 10.2 Å². The fraction of sp³-hybridized carbons (Fsp3) is 0.440. The number of hydrogen-bond acceptors (Lipinski definition) is 4. The molecule has 1 unspecified atom stereocenters. The van der Waals surface area contributed by atoms with Crippen LogP contribution in [-0.2, 0) is 32.3 Å². The first kappa shape index (κ1) is 29.2. The van der Waals surface area contributed by atoms with Crippen LogP contribution in [0.4, 0.5) is 18.9 Å². The molecular formula is C25H32F3N3O4S. The fourth-order valence-corrected chi connectivity index (χ4v) is 4.45. The second-order valence-electron chi connectivity index (χ2n) is 9.49. The van der Waals surface area contributed by atoms with Gasteiger partial charge >= 0.3 is 6.18 Å². The molecule has 0 aromatic heterocycles. The minimum atomic E-state index is -4.69. The third-order valence-corrected chi connectivity index (χ3v) is 6.36. The van der Waals surface area contributed by atoms with Gasteiger partial charge in [0.15, 0.2) is 0 Å². The first-order valence-corrected chi connectivity index (χ1v) is 13.2. The van der Waals surface area contributed by atoms with Crippen molar-refractivity contribution in [2.45, 2.75) is 58.4 Å². The molecule has 2 aromatic carbocycles. The van der Waals surface area contributed by atoms with E-state index in [0.717, 1.165) is 18.4 Å². The molecule has 11 heteroatoms. The van der Waals surface area contributed by atoms with Crippen LogP contribution in [0.1, 0.15) is 45.2 Å². The van der Waals surface area contributed by atoms with E-state index in [0.29, 0.717) is 15.9 Å². The average Bonchev–Trinajstić information content (AvgIpc) is 2.75. The van der Waals surface area contributed by atoms with E-state index < -0.39 is 51.7 Å². The number of rotatable bonds is 9. The standard InChI is InChI=1S/C25H32F3N3O4S/c1-6-21(23(33)29-24(2,3)4)30(16-18-11-8-7-9-12-18)22(32)17-31(36(5,34)35)20-14-10-13-19(15-20)25(26,27)28/h7-15,21H,6,16-17H2,1-5H3,(H,29,33). The van der Waals surface area contributed by atoms with E-state index >= 15 is 0 Å². The van der Waals surface area contributed by atoms with Crippen LogP contribution in [-0.4, -0.2) is 49.5 Å². The Balaban J connectivity index is 2.48. The molecule has 198 valence electrons. The number of amides is 2. The van der Waals surface area contributed by atoms with Gasteiger partial charge in [0.05, 0.1) is 17.5 Å². The molecule has 0 aliphatic rings. The molecule has 0 saturated carbocycles. The summed E-state index contributed by atoms with van der Waals surface area (Å²) in [7, 11) is -4.15. The Hall–Kier alpha value is -3.08. The molecule has 0 radical (unpaired) electrons. The number of hydrogen-bond donors (Lipinski definition) is 1. The molecule has 0 fully saturated rings. The van der Waals surface area contributed by atoms with Crippen molar-refractivity contribution in [2.75, 3.05) is 17.1 Å². The molecule has 0 spiro atoms. The molecule has 36 heavy (non-hydrogen) atoms. The van der Waals surface area contributed by atoms with Gasteiger partial charge in [-0.25, -0.2) is 8.42 Å². The van der Waals surface area contributed by atoms with Crippen LogP contribution in [0.3, 0.4) is 0 Å². The topological polar surface area (TPSA) is 86.8 Å². The highest BCUT2D eigenvalue weighted by molar-refractivity contribution is 7.92. The second kappa shape index (κ2) is 11.3. The zero-order valence-corrected chi connectivity index (χ0v) is 21.8. The van der Waals surface area contributed by atoms with Gasteiger partial charge in [-0.2, -0.15) is 13.2 Å². The van der Waals surface area contributed by atoms with Crippen molar-refractivity contribution in [2.24, 2.45) is 0 Å². The number of nitrogens with one attached hydrogen (secondary N) is 1. The highest BCUT2D eigenvalue weighted by Crippen LogP contribution is 2.32. The summed E-state index contributed by atoms with van der Waals surface area (Å²) in [6.45, 7) is 6.33. The molecule has 0 heterocycles. The maximum atomic E-state index is 13.5. The average molecular weight is 528 g/mol.